The van der Waals surface area contributed by atoms with Crippen LogP contribution >= 0.6 is 0 Å². The molecule has 0 saturated carbocycles. The third-order valence-electron chi connectivity index (χ3n) is 4.59. The van der Waals surface area contributed by atoms with E-state index in [9.17, 15) is 18.0 Å². The Labute approximate surface area is 170 Å². The summed E-state index contributed by atoms with van der Waals surface area (Å²) in [6.45, 7) is 7.46. The maximum Gasteiger partial charge on any atom is 0.242 e. The summed E-state index contributed by atoms with van der Waals surface area (Å²) < 4.78 is 32.8. The Balaban J connectivity index is 1.89. The van der Waals surface area contributed by atoms with E-state index in [0.29, 0.717) is 37.2 Å². The monoisotopic (exact) mass is 421 g/mol. The second-order valence-corrected chi connectivity index (χ2v) is 10.1. The third-order valence-corrected chi connectivity index (χ3v) is 6.23. The number of para-hydroxylation sites is 1. The second-order valence-electron chi connectivity index (χ2n) is 8.19. The normalized spacial score (nSPS) is 15.5. The first-order chi connectivity index (χ1) is 13.6. The summed E-state index contributed by atoms with van der Waals surface area (Å²) in [6.07, 6.45) is 1.46. The topological polar surface area (TPSA) is 97.7 Å². The Morgan fingerprint density at radius 3 is 2.45 bits per heavy atom. The number of benzene rings is 1. The molecule has 2 heterocycles. The quantitative estimate of drug-likeness (QED) is 0.782. The van der Waals surface area contributed by atoms with Crippen molar-refractivity contribution in [2.75, 3.05) is 32.1 Å². The summed E-state index contributed by atoms with van der Waals surface area (Å²) in [6, 6.07) is 7.00. The van der Waals surface area contributed by atoms with E-state index in [1.165, 1.54) is 6.20 Å². The highest BCUT2D eigenvalue weighted by Crippen LogP contribution is 2.26. The standard InChI is InChI=1S/C20H27N3O5S/c1-20(2,3)21-18(24)14-29(26,27)17-12-23(16-7-5-4-6-15(16)17)13-19(25)22-8-10-28-11-9-22/h4-7,12H,8-11,13-14H2,1-3H3,(H,21,24). The van der Waals surface area contributed by atoms with Crippen LogP contribution in [-0.2, 0) is 30.7 Å². The number of carbonyl (C=O) groups is 2. The highest BCUT2D eigenvalue weighted by Gasteiger charge is 2.27. The molecule has 1 fully saturated rings. The minimum atomic E-state index is -3.88. The van der Waals surface area contributed by atoms with Crippen LogP contribution in [-0.4, -0.2) is 67.3 Å². The summed E-state index contributed by atoms with van der Waals surface area (Å²) in [7, 11) is -3.88. The van der Waals surface area contributed by atoms with Gasteiger partial charge in [-0.05, 0) is 26.8 Å². The van der Waals surface area contributed by atoms with E-state index in [1.807, 2.05) is 0 Å². The van der Waals surface area contributed by atoms with Crippen LogP contribution in [0, 0.1) is 0 Å². The molecule has 1 saturated heterocycles. The number of morpholine rings is 1. The number of nitrogens with one attached hydrogen (secondary N) is 1. The fourth-order valence-corrected chi connectivity index (χ4v) is 4.72. The molecule has 0 spiro atoms. The van der Waals surface area contributed by atoms with Crippen LogP contribution < -0.4 is 5.32 Å². The Kier molecular flexibility index (Phi) is 6.00. The highest BCUT2D eigenvalue weighted by molar-refractivity contribution is 7.92. The molecule has 1 aliphatic rings. The van der Waals surface area contributed by atoms with Gasteiger partial charge in [-0.1, -0.05) is 18.2 Å². The molecule has 3 rings (SSSR count). The van der Waals surface area contributed by atoms with Gasteiger partial charge in [0, 0.05) is 35.7 Å². The molecule has 0 unspecified atom stereocenters. The van der Waals surface area contributed by atoms with Crippen molar-refractivity contribution in [3.8, 4) is 0 Å². The van der Waals surface area contributed by atoms with E-state index in [2.05, 4.69) is 5.32 Å². The zero-order valence-electron chi connectivity index (χ0n) is 17.0. The Morgan fingerprint density at radius 1 is 1.14 bits per heavy atom. The maximum atomic E-state index is 13.0. The molecule has 158 valence electrons. The number of carbonyl (C=O) groups excluding carboxylic acids is 2. The predicted molar refractivity (Wildman–Crippen MR) is 109 cm³/mol. The van der Waals surface area contributed by atoms with E-state index in [4.69, 9.17) is 4.74 Å². The molecular formula is C20H27N3O5S. The molecule has 0 atom stereocenters. The van der Waals surface area contributed by atoms with E-state index in [0.717, 1.165) is 0 Å². The molecular weight excluding hydrogens is 394 g/mol. The van der Waals surface area contributed by atoms with Gasteiger partial charge in [-0.15, -0.1) is 0 Å². The van der Waals surface area contributed by atoms with Crippen molar-refractivity contribution in [1.29, 1.82) is 0 Å². The summed E-state index contributed by atoms with van der Waals surface area (Å²) >= 11 is 0. The molecule has 1 aromatic heterocycles. The first-order valence-corrected chi connectivity index (χ1v) is 11.2. The van der Waals surface area contributed by atoms with Gasteiger partial charge in [0.1, 0.15) is 12.3 Å². The van der Waals surface area contributed by atoms with Crippen LogP contribution in [0.3, 0.4) is 0 Å². The molecule has 0 aliphatic carbocycles. The van der Waals surface area contributed by atoms with Crippen molar-refractivity contribution in [2.24, 2.45) is 0 Å². The molecule has 1 N–H and O–H groups in total. The summed E-state index contributed by atoms with van der Waals surface area (Å²) in [5.41, 5.74) is 0.120. The SMILES string of the molecule is CC(C)(C)NC(=O)CS(=O)(=O)c1cn(CC(=O)N2CCOCC2)c2ccccc12. The lowest BCUT2D eigenvalue weighted by atomic mass is 10.1. The predicted octanol–water partition coefficient (Wildman–Crippen LogP) is 1.19. The number of nitrogens with zero attached hydrogens (tertiary/aromatic N) is 2. The van der Waals surface area contributed by atoms with Crippen molar-refractivity contribution in [3.63, 3.8) is 0 Å². The average Bonchev–Trinajstić information content (AvgIpc) is 3.00. The molecule has 1 aliphatic heterocycles. The molecule has 9 heteroatoms. The van der Waals surface area contributed by atoms with Gasteiger partial charge < -0.3 is 19.5 Å². The number of amides is 2. The smallest absolute Gasteiger partial charge is 0.242 e. The Hall–Kier alpha value is -2.39. The molecule has 29 heavy (non-hydrogen) atoms. The minimum absolute atomic E-state index is 0.0320. The average molecular weight is 422 g/mol. The number of sulfone groups is 1. The molecule has 1 aromatic carbocycles. The van der Waals surface area contributed by atoms with Gasteiger partial charge >= 0.3 is 0 Å². The number of hydrogen-bond acceptors (Lipinski definition) is 5. The maximum absolute atomic E-state index is 13.0. The van der Waals surface area contributed by atoms with Crippen LogP contribution in [0.4, 0.5) is 0 Å². The van der Waals surface area contributed by atoms with Crippen LogP contribution in [0.25, 0.3) is 10.9 Å². The van der Waals surface area contributed by atoms with Crippen molar-refractivity contribution in [2.45, 2.75) is 37.8 Å². The minimum Gasteiger partial charge on any atom is -0.378 e. The van der Waals surface area contributed by atoms with Gasteiger partial charge in [-0.2, -0.15) is 0 Å². The van der Waals surface area contributed by atoms with Gasteiger partial charge in [0.2, 0.25) is 11.8 Å². The second kappa shape index (κ2) is 8.16. The van der Waals surface area contributed by atoms with Crippen molar-refractivity contribution in [1.82, 2.24) is 14.8 Å². The van der Waals surface area contributed by atoms with Gasteiger partial charge in [0.05, 0.1) is 18.1 Å². The van der Waals surface area contributed by atoms with Gasteiger partial charge in [0.15, 0.2) is 9.84 Å². The summed E-state index contributed by atoms with van der Waals surface area (Å²) in [5, 5.41) is 3.18. The van der Waals surface area contributed by atoms with Crippen LogP contribution in [0.15, 0.2) is 35.4 Å². The fraction of sp³-hybridized carbons (Fsp3) is 0.500. The third kappa shape index (κ3) is 5.16. The summed E-state index contributed by atoms with van der Waals surface area (Å²) in [5.74, 6) is -1.29. The van der Waals surface area contributed by atoms with Gasteiger partial charge in [0.25, 0.3) is 0 Å². The zero-order valence-corrected chi connectivity index (χ0v) is 17.8. The number of aromatic nitrogens is 1. The van der Waals surface area contributed by atoms with Crippen molar-refractivity contribution >= 4 is 32.6 Å². The first-order valence-electron chi connectivity index (χ1n) is 9.54. The first kappa shape index (κ1) is 21.3. The van der Waals surface area contributed by atoms with E-state index in [-0.39, 0.29) is 17.3 Å². The Morgan fingerprint density at radius 2 is 1.79 bits per heavy atom. The number of rotatable bonds is 5. The number of fused-ring (bicyclic) bond motifs is 1. The van der Waals surface area contributed by atoms with E-state index in [1.54, 1.807) is 54.5 Å². The zero-order chi connectivity index (χ0) is 21.2. The largest absolute Gasteiger partial charge is 0.378 e. The molecule has 0 radical (unpaired) electrons. The van der Waals surface area contributed by atoms with Crippen LogP contribution in [0.1, 0.15) is 20.8 Å². The van der Waals surface area contributed by atoms with Crippen LogP contribution in [0.5, 0.6) is 0 Å². The molecule has 8 nitrogen and oxygen atoms in total. The van der Waals surface area contributed by atoms with Gasteiger partial charge in [-0.25, -0.2) is 8.42 Å². The number of hydrogen-bond donors (Lipinski definition) is 1. The fourth-order valence-electron chi connectivity index (χ4n) is 3.35. The number of ether oxygens (including phenoxy) is 1. The molecule has 0 bridgehead atoms. The van der Waals surface area contributed by atoms with E-state index < -0.39 is 27.0 Å². The Bertz CT molecular complexity index is 1010. The van der Waals surface area contributed by atoms with Gasteiger partial charge in [-0.3, -0.25) is 9.59 Å². The lowest BCUT2D eigenvalue weighted by Crippen LogP contribution is -2.43. The van der Waals surface area contributed by atoms with E-state index >= 15 is 0 Å². The van der Waals surface area contributed by atoms with Crippen molar-refractivity contribution < 1.29 is 22.7 Å². The lowest BCUT2D eigenvalue weighted by molar-refractivity contribution is -0.135. The van der Waals surface area contributed by atoms with Crippen LogP contribution in [0.2, 0.25) is 0 Å². The lowest BCUT2D eigenvalue weighted by Gasteiger charge is -2.27. The summed E-state index contributed by atoms with van der Waals surface area (Å²) in [4.78, 5) is 26.6. The van der Waals surface area contributed by atoms with Crippen molar-refractivity contribution in [3.05, 3.63) is 30.5 Å². The molecule has 2 amide bonds. The highest BCUT2D eigenvalue weighted by atomic mass is 32.2. The molecule has 2 aromatic rings.